The minimum Gasteiger partial charge on any atom is -0.497 e. The molecule has 0 N–H and O–H groups in total. The van der Waals surface area contributed by atoms with E-state index in [2.05, 4.69) is 5.10 Å². The van der Waals surface area contributed by atoms with Crippen LogP contribution in [0.15, 0.2) is 53.5 Å². The number of nitrogens with zero attached hydrogens (tertiary/aromatic N) is 2. The van der Waals surface area contributed by atoms with Gasteiger partial charge in [0.15, 0.2) is 6.29 Å². The molecule has 0 aliphatic heterocycles. The maximum absolute atomic E-state index is 12.5. The highest BCUT2D eigenvalue weighted by molar-refractivity contribution is 5.97. The number of rotatable bonds is 4. The van der Waals surface area contributed by atoms with E-state index in [-0.39, 0.29) is 5.56 Å². The molecule has 3 aromatic rings. The van der Waals surface area contributed by atoms with Gasteiger partial charge in [0, 0.05) is 10.9 Å². The van der Waals surface area contributed by atoms with Gasteiger partial charge < -0.3 is 4.74 Å². The van der Waals surface area contributed by atoms with Crippen LogP contribution >= 0.6 is 0 Å². The predicted molar refractivity (Wildman–Crippen MR) is 83.5 cm³/mol. The van der Waals surface area contributed by atoms with E-state index in [1.54, 1.807) is 31.5 Å². The number of aromatic nitrogens is 2. The zero-order chi connectivity index (χ0) is 15.5. The van der Waals surface area contributed by atoms with Gasteiger partial charge in [0.1, 0.15) is 5.75 Å². The van der Waals surface area contributed by atoms with Crippen LogP contribution in [0.2, 0.25) is 0 Å². The second-order valence-corrected chi connectivity index (χ2v) is 4.88. The van der Waals surface area contributed by atoms with Crippen LogP contribution in [0, 0.1) is 0 Å². The first-order valence-corrected chi connectivity index (χ1v) is 6.80. The molecule has 5 nitrogen and oxygen atoms in total. The van der Waals surface area contributed by atoms with Crippen LogP contribution in [0.4, 0.5) is 0 Å². The van der Waals surface area contributed by atoms with E-state index >= 15 is 0 Å². The molecule has 22 heavy (non-hydrogen) atoms. The van der Waals surface area contributed by atoms with Crippen LogP contribution in [-0.2, 0) is 6.54 Å². The predicted octanol–water partition coefficient (Wildman–Crippen LogP) is 2.27. The summed E-state index contributed by atoms with van der Waals surface area (Å²) in [7, 11) is 1.61. The van der Waals surface area contributed by atoms with Crippen molar-refractivity contribution in [3.63, 3.8) is 0 Å². The molecular weight excluding hydrogens is 280 g/mol. The van der Waals surface area contributed by atoms with Crippen LogP contribution in [0.25, 0.3) is 10.8 Å². The first-order valence-electron chi connectivity index (χ1n) is 6.80. The molecule has 0 bridgehead atoms. The lowest BCUT2D eigenvalue weighted by Crippen LogP contribution is -2.23. The summed E-state index contributed by atoms with van der Waals surface area (Å²) >= 11 is 0. The Hall–Kier alpha value is -2.95. The van der Waals surface area contributed by atoms with Gasteiger partial charge in [-0.15, -0.1) is 0 Å². The third-order valence-corrected chi connectivity index (χ3v) is 3.55. The van der Waals surface area contributed by atoms with E-state index in [0.29, 0.717) is 22.9 Å². The summed E-state index contributed by atoms with van der Waals surface area (Å²) in [5.74, 6) is 0.762. The summed E-state index contributed by atoms with van der Waals surface area (Å²) in [4.78, 5) is 23.5. The average Bonchev–Trinajstić information content (AvgIpc) is 2.57. The molecule has 110 valence electrons. The van der Waals surface area contributed by atoms with Crippen LogP contribution in [0.5, 0.6) is 5.75 Å². The number of hydrogen-bond donors (Lipinski definition) is 0. The second kappa shape index (κ2) is 5.81. The van der Waals surface area contributed by atoms with Gasteiger partial charge in [-0.3, -0.25) is 9.59 Å². The van der Waals surface area contributed by atoms with Crippen LogP contribution < -0.4 is 10.3 Å². The highest BCUT2D eigenvalue weighted by Gasteiger charge is 2.07. The zero-order valence-electron chi connectivity index (χ0n) is 12.0. The van der Waals surface area contributed by atoms with Crippen molar-refractivity contribution in [1.29, 1.82) is 0 Å². The standard InChI is InChI=1S/C17H14N2O3/c1-22-14-7-5-12(6-8-14)10-19-17(21)15-4-2-3-13(11-20)16(15)9-18-19/h2-9,11H,10H2,1H3. The normalized spacial score (nSPS) is 10.6. The van der Waals surface area contributed by atoms with E-state index in [4.69, 9.17) is 4.74 Å². The van der Waals surface area contributed by atoms with Crippen molar-refractivity contribution < 1.29 is 9.53 Å². The fourth-order valence-electron chi connectivity index (χ4n) is 2.35. The number of carbonyl (C=O) groups excluding carboxylic acids is 1. The molecule has 1 aromatic heterocycles. The van der Waals surface area contributed by atoms with Crippen LogP contribution in [0.1, 0.15) is 15.9 Å². The van der Waals surface area contributed by atoms with E-state index in [1.165, 1.54) is 4.68 Å². The van der Waals surface area contributed by atoms with Crippen molar-refractivity contribution in [2.45, 2.75) is 6.54 Å². The van der Waals surface area contributed by atoms with Crippen molar-refractivity contribution in [3.05, 3.63) is 70.1 Å². The van der Waals surface area contributed by atoms with E-state index < -0.39 is 0 Å². The van der Waals surface area contributed by atoms with E-state index in [1.807, 2.05) is 24.3 Å². The topological polar surface area (TPSA) is 61.2 Å². The molecule has 0 atom stereocenters. The highest BCUT2D eigenvalue weighted by Crippen LogP contribution is 2.14. The van der Waals surface area contributed by atoms with Gasteiger partial charge in [-0.1, -0.05) is 24.3 Å². The molecule has 0 unspecified atom stereocenters. The maximum atomic E-state index is 12.5. The lowest BCUT2D eigenvalue weighted by atomic mass is 10.1. The number of methoxy groups -OCH3 is 1. The summed E-state index contributed by atoms with van der Waals surface area (Å²) in [5, 5.41) is 5.24. The quantitative estimate of drug-likeness (QED) is 0.693. The summed E-state index contributed by atoms with van der Waals surface area (Å²) in [6, 6.07) is 12.5. The molecule has 0 amide bonds. The third kappa shape index (κ3) is 2.48. The van der Waals surface area contributed by atoms with Crippen LogP contribution in [0.3, 0.4) is 0 Å². The molecule has 0 fully saturated rings. The van der Waals surface area contributed by atoms with E-state index in [9.17, 15) is 9.59 Å². The minimum absolute atomic E-state index is 0.211. The fraction of sp³-hybridized carbons (Fsp3) is 0.118. The number of hydrogen-bond acceptors (Lipinski definition) is 4. The lowest BCUT2D eigenvalue weighted by Gasteiger charge is -2.07. The second-order valence-electron chi connectivity index (χ2n) is 4.88. The summed E-state index contributed by atoms with van der Waals surface area (Å²) in [5.41, 5.74) is 1.21. The summed E-state index contributed by atoms with van der Waals surface area (Å²) in [6.45, 7) is 0.365. The van der Waals surface area contributed by atoms with Gasteiger partial charge in [0.2, 0.25) is 0 Å². The smallest absolute Gasteiger partial charge is 0.274 e. The van der Waals surface area contributed by atoms with Gasteiger partial charge in [-0.05, 0) is 23.8 Å². The van der Waals surface area contributed by atoms with Crippen molar-refractivity contribution >= 4 is 17.1 Å². The molecule has 5 heteroatoms. The maximum Gasteiger partial charge on any atom is 0.274 e. The average molecular weight is 294 g/mol. The first kappa shape index (κ1) is 14.0. The van der Waals surface area contributed by atoms with Gasteiger partial charge >= 0.3 is 0 Å². The molecule has 3 rings (SSSR count). The molecule has 0 spiro atoms. The molecule has 0 aliphatic carbocycles. The number of benzene rings is 2. The number of ether oxygens (including phenoxy) is 1. The molecule has 0 radical (unpaired) electrons. The highest BCUT2D eigenvalue weighted by atomic mass is 16.5. The number of aldehydes is 1. The first-order chi connectivity index (χ1) is 10.7. The Labute approximate surface area is 126 Å². The monoisotopic (exact) mass is 294 g/mol. The van der Waals surface area contributed by atoms with Gasteiger partial charge in [0.25, 0.3) is 5.56 Å². The zero-order valence-corrected chi connectivity index (χ0v) is 12.0. The Kier molecular flexibility index (Phi) is 3.70. The SMILES string of the molecule is COc1ccc(Cn2ncc3c(C=O)cccc3c2=O)cc1. The van der Waals surface area contributed by atoms with E-state index in [0.717, 1.165) is 17.6 Å². The van der Waals surface area contributed by atoms with Gasteiger partial charge in [-0.25, -0.2) is 4.68 Å². The number of fused-ring (bicyclic) bond motifs is 1. The largest absolute Gasteiger partial charge is 0.497 e. The Morgan fingerprint density at radius 2 is 1.91 bits per heavy atom. The van der Waals surface area contributed by atoms with Crippen molar-refractivity contribution in [2.75, 3.05) is 7.11 Å². The Bertz CT molecular complexity index is 883. The van der Waals surface area contributed by atoms with Crippen molar-refractivity contribution in [1.82, 2.24) is 9.78 Å². The van der Waals surface area contributed by atoms with Crippen LogP contribution in [-0.4, -0.2) is 23.2 Å². The number of carbonyl (C=O) groups is 1. The molecule has 1 heterocycles. The summed E-state index contributed by atoms with van der Waals surface area (Å²) in [6.07, 6.45) is 2.29. The van der Waals surface area contributed by atoms with Crippen molar-refractivity contribution in [3.8, 4) is 5.75 Å². The molecule has 2 aromatic carbocycles. The lowest BCUT2D eigenvalue weighted by molar-refractivity contribution is 0.112. The third-order valence-electron chi connectivity index (χ3n) is 3.55. The Balaban J connectivity index is 2.02. The molecule has 0 aliphatic rings. The molecule has 0 saturated carbocycles. The molecular formula is C17H14N2O3. The van der Waals surface area contributed by atoms with Gasteiger partial charge in [-0.2, -0.15) is 5.10 Å². The van der Waals surface area contributed by atoms with Gasteiger partial charge in [0.05, 0.1) is 25.2 Å². The Morgan fingerprint density at radius 1 is 1.14 bits per heavy atom. The molecule has 0 saturated heterocycles. The summed E-state index contributed by atoms with van der Waals surface area (Å²) < 4.78 is 6.50. The minimum atomic E-state index is -0.211. The van der Waals surface area contributed by atoms with Crippen molar-refractivity contribution in [2.24, 2.45) is 0 Å². The Morgan fingerprint density at radius 3 is 2.59 bits per heavy atom. The fourth-order valence-corrected chi connectivity index (χ4v) is 2.35.